The van der Waals surface area contributed by atoms with E-state index in [1.54, 1.807) is 25.8 Å². The van der Waals surface area contributed by atoms with Gasteiger partial charge >= 0.3 is 5.97 Å². The number of nitrogens with zero attached hydrogens (tertiary/aromatic N) is 1. The molecule has 0 spiro atoms. The molecule has 0 heterocycles. The lowest BCUT2D eigenvalue weighted by Gasteiger charge is -2.22. The third kappa shape index (κ3) is 4.83. The zero-order chi connectivity index (χ0) is 15.3. The Balaban J connectivity index is 2.56. The molecule has 0 saturated carbocycles. The number of benzene rings is 1. The predicted octanol–water partition coefficient (Wildman–Crippen LogP) is 3.00. The highest BCUT2D eigenvalue weighted by atomic mass is 79.9. The van der Waals surface area contributed by atoms with Crippen molar-refractivity contribution in [3.05, 3.63) is 34.3 Å². The van der Waals surface area contributed by atoms with Gasteiger partial charge in [0.15, 0.2) is 0 Å². The van der Waals surface area contributed by atoms with Gasteiger partial charge in [-0.2, -0.15) is 0 Å². The number of amides is 1. The second-order valence-electron chi connectivity index (χ2n) is 4.95. The van der Waals surface area contributed by atoms with Crippen LogP contribution in [0.25, 0.3) is 0 Å². The third-order valence-electron chi connectivity index (χ3n) is 2.86. The molecular weight excluding hydrogens is 342 g/mol. The number of carbonyl (C=O) groups excluding carboxylic acids is 1. The zero-order valence-electron chi connectivity index (χ0n) is 11.7. The topological polar surface area (TPSA) is 57.6 Å². The molecule has 110 valence electrons. The summed E-state index contributed by atoms with van der Waals surface area (Å²) in [6.45, 7) is 3.69. The lowest BCUT2D eigenvalue weighted by molar-refractivity contribution is -0.138. The Labute approximate surface area is 131 Å². The van der Waals surface area contributed by atoms with Crippen LogP contribution in [0.5, 0.6) is 0 Å². The highest BCUT2D eigenvalue weighted by Crippen LogP contribution is 2.25. The van der Waals surface area contributed by atoms with E-state index in [1.807, 2.05) is 24.3 Å². The molecule has 0 fully saturated rings. The van der Waals surface area contributed by atoms with Crippen LogP contribution in [0.3, 0.4) is 0 Å². The summed E-state index contributed by atoms with van der Waals surface area (Å²) in [6, 6.07) is 7.71. The van der Waals surface area contributed by atoms with Gasteiger partial charge in [-0.05, 0) is 25.5 Å². The molecule has 1 aromatic rings. The number of thioether (sulfide) groups is 1. The minimum Gasteiger partial charge on any atom is -0.480 e. The Kier molecular flexibility index (Phi) is 6.07. The van der Waals surface area contributed by atoms with Gasteiger partial charge in [-0.15, -0.1) is 11.8 Å². The molecular formula is C14H18BrNO3S. The van der Waals surface area contributed by atoms with Crippen LogP contribution in [0.15, 0.2) is 28.7 Å². The second-order valence-corrected chi connectivity index (χ2v) is 7.40. The van der Waals surface area contributed by atoms with Gasteiger partial charge in [0.05, 0.1) is 5.75 Å². The molecule has 1 amide bonds. The van der Waals surface area contributed by atoms with Crippen LogP contribution < -0.4 is 0 Å². The first kappa shape index (κ1) is 17.0. The van der Waals surface area contributed by atoms with E-state index >= 15 is 0 Å². The van der Waals surface area contributed by atoms with Crippen molar-refractivity contribution < 1.29 is 14.7 Å². The van der Waals surface area contributed by atoms with E-state index in [1.165, 1.54) is 0 Å². The summed E-state index contributed by atoms with van der Waals surface area (Å²) in [6.07, 6.45) is 0. The number of rotatable bonds is 6. The fraction of sp³-hybridized carbons (Fsp3) is 0.429. The van der Waals surface area contributed by atoms with Gasteiger partial charge in [-0.3, -0.25) is 9.59 Å². The summed E-state index contributed by atoms with van der Waals surface area (Å²) in [4.78, 5) is 24.6. The van der Waals surface area contributed by atoms with Crippen molar-refractivity contribution in [3.8, 4) is 0 Å². The van der Waals surface area contributed by atoms with Gasteiger partial charge in [-0.25, -0.2) is 0 Å². The lowest BCUT2D eigenvalue weighted by Crippen LogP contribution is -2.33. The number of hydrogen-bond donors (Lipinski definition) is 1. The standard InChI is InChI=1S/C14H18BrNO3S/c1-14(2,13(18)19)20-9-12(17)16(3)8-10-6-4-5-7-11(10)15/h4-7H,8-9H2,1-3H3,(H,18,19). The van der Waals surface area contributed by atoms with Gasteiger partial charge in [0.2, 0.25) is 5.91 Å². The van der Waals surface area contributed by atoms with Gasteiger partial charge < -0.3 is 10.0 Å². The number of carboxylic acids is 1. The van der Waals surface area contributed by atoms with E-state index in [9.17, 15) is 9.59 Å². The van der Waals surface area contributed by atoms with Crippen LogP contribution in [-0.2, 0) is 16.1 Å². The number of carbonyl (C=O) groups is 2. The van der Waals surface area contributed by atoms with E-state index in [0.29, 0.717) is 6.54 Å². The molecule has 0 saturated heterocycles. The van der Waals surface area contributed by atoms with E-state index < -0.39 is 10.7 Å². The van der Waals surface area contributed by atoms with Crippen LogP contribution in [0.4, 0.5) is 0 Å². The molecule has 1 aromatic carbocycles. The first-order valence-corrected chi connectivity index (χ1v) is 7.86. The number of carboxylic acid groups (broad SMARTS) is 1. The maximum Gasteiger partial charge on any atom is 0.319 e. The minimum absolute atomic E-state index is 0.0833. The summed E-state index contributed by atoms with van der Waals surface area (Å²) in [5.74, 6) is -0.843. The van der Waals surface area contributed by atoms with Crippen LogP contribution in [0, 0.1) is 0 Å². The Bertz CT molecular complexity index is 505. The molecule has 4 nitrogen and oxygen atoms in total. The quantitative estimate of drug-likeness (QED) is 0.847. The largest absolute Gasteiger partial charge is 0.480 e. The number of halogens is 1. The van der Waals surface area contributed by atoms with Crippen LogP contribution in [-0.4, -0.2) is 39.4 Å². The van der Waals surface area contributed by atoms with Crippen LogP contribution in [0.2, 0.25) is 0 Å². The summed E-state index contributed by atoms with van der Waals surface area (Å²) in [5.41, 5.74) is 1.02. The molecule has 0 unspecified atom stereocenters. The molecule has 1 rings (SSSR count). The number of hydrogen-bond acceptors (Lipinski definition) is 3. The third-order valence-corrected chi connectivity index (χ3v) is 4.92. The smallest absolute Gasteiger partial charge is 0.319 e. The Hall–Kier alpha value is -1.01. The summed E-state index contributed by atoms with van der Waals surface area (Å²) >= 11 is 4.58. The molecule has 0 bridgehead atoms. The van der Waals surface area contributed by atoms with E-state index in [-0.39, 0.29) is 11.7 Å². The highest BCUT2D eigenvalue weighted by Gasteiger charge is 2.29. The van der Waals surface area contributed by atoms with Gasteiger partial charge in [0.25, 0.3) is 0 Å². The zero-order valence-corrected chi connectivity index (χ0v) is 14.1. The molecule has 6 heteroatoms. The summed E-state index contributed by atoms with van der Waals surface area (Å²) in [5, 5.41) is 9.01. The molecule has 1 N–H and O–H groups in total. The maximum atomic E-state index is 12.0. The first-order valence-electron chi connectivity index (χ1n) is 6.09. The van der Waals surface area contributed by atoms with Crippen molar-refractivity contribution in [1.29, 1.82) is 0 Å². The average molecular weight is 360 g/mol. The molecule has 0 atom stereocenters. The van der Waals surface area contributed by atoms with E-state index in [4.69, 9.17) is 5.11 Å². The van der Waals surface area contributed by atoms with Crippen molar-refractivity contribution in [2.75, 3.05) is 12.8 Å². The monoisotopic (exact) mass is 359 g/mol. The molecule has 0 aliphatic rings. The van der Waals surface area contributed by atoms with Gasteiger partial charge in [-0.1, -0.05) is 34.1 Å². The Morgan fingerprint density at radius 3 is 2.50 bits per heavy atom. The van der Waals surface area contributed by atoms with E-state index in [2.05, 4.69) is 15.9 Å². The fourth-order valence-corrected chi connectivity index (χ4v) is 2.62. The molecule has 0 radical (unpaired) electrons. The van der Waals surface area contributed by atoms with Crippen LogP contribution >= 0.6 is 27.7 Å². The highest BCUT2D eigenvalue weighted by molar-refractivity contribution is 9.10. The predicted molar refractivity (Wildman–Crippen MR) is 84.8 cm³/mol. The van der Waals surface area contributed by atoms with Crippen molar-refractivity contribution in [1.82, 2.24) is 4.90 Å². The normalized spacial score (nSPS) is 11.2. The van der Waals surface area contributed by atoms with Crippen LogP contribution in [0.1, 0.15) is 19.4 Å². The minimum atomic E-state index is -0.955. The SMILES string of the molecule is CN(Cc1ccccc1Br)C(=O)CSC(C)(C)C(=O)O. The lowest BCUT2D eigenvalue weighted by atomic mass is 10.2. The van der Waals surface area contributed by atoms with Crippen molar-refractivity contribution >= 4 is 39.6 Å². The van der Waals surface area contributed by atoms with Crippen molar-refractivity contribution in [2.24, 2.45) is 0 Å². The number of aliphatic carboxylic acids is 1. The fourth-order valence-electron chi connectivity index (χ4n) is 1.38. The molecule has 0 aliphatic heterocycles. The maximum absolute atomic E-state index is 12.0. The first-order chi connectivity index (χ1) is 9.24. The van der Waals surface area contributed by atoms with Crippen molar-refractivity contribution in [3.63, 3.8) is 0 Å². The Morgan fingerprint density at radius 1 is 1.35 bits per heavy atom. The molecule has 0 aromatic heterocycles. The van der Waals surface area contributed by atoms with Gasteiger partial charge in [0.1, 0.15) is 4.75 Å². The summed E-state index contributed by atoms with van der Waals surface area (Å²) in [7, 11) is 1.72. The molecule has 0 aliphatic carbocycles. The van der Waals surface area contributed by atoms with E-state index in [0.717, 1.165) is 21.8 Å². The molecule has 20 heavy (non-hydrogen) atoms. The van der Waals surface area contributed by atoms with Crippen molar-refractivity contribution in [2.45, 2.75) is 25.1 Å². The second kappa shape index (κ2) is 7.13. The average Bonchev–Trinajstić information content (AvgIpc) is 2.38. The Morgan fingerprint density at radius 2 is 1.95 bits per heavy atom. The van der Waals surface area contributed by atoms with Gasteiger partial charge in [0, 0.05) is 18.1 Å². The summed E-state index contributed by atoms with van der Waals surface area (Å²) < 4.78 is 0.00210.